The lowest BCUT2D eigenvalue weighted by molar-refractivity contribution is 0.0995. The number of carbonyl (C=O) groups excluding carboxylic acids is 1. The van der Waals surface area contributed by atoms with Crippen LogP contribution < -0.4 is 5.73 Å². The average Bonchev–Trinajstić information content (AvgIpc) is 2.87. The van der Waals surface area contributed by atoms with Gasteiger partial charge in [0.25, 0.3) is 5.91 Å². The highest BCUT2D eigenvalue weighted by molar-refractivity contribution is 5.90. The summed E-state index contributed by atoms with van der Waals surface area (Å²) in [6.45, 7) is 1.90. The fourth-order valence-corrected chi connectivity index (χ4v) is 1.79. The predicted molar refractivity (Wildman–Crippen MR) is 67.3 cm³/mol. The lowest BCUT2D eigenvalue weighted by Crippen LogP contribution is -2.12. The van der Waals surface area contributed by atoms with E-state index in [1.165, 1.54) is 0 Å². The van der Waals surface area contributed by atoms with Crippen LogP contribution in [0.1, 0.15) is 35.5 Å². The van der Waals surface area contributed by atoms with E-state index >= 15 is 0 Å². The lowest BCUT2D eigenvalue weighted by Gasteiger charge is -2.13. The molecule has 0 saturated heterocycles. The molecule has 2 aromatic rings. The van der Waals surface area contributed by atoms with Crippen molar-refractivity contribution >= 4 is 5.91 Å². The van der Waals surface area contributed by atoms with E-state index in [0.29, 0.717) is 6.42 Å². The molecule has 1 aromatic heterocycles. The maximum Gasteiger partial charge on any atom is 0.269 e. The minimum Gasteiger partial charge on any atom is -0.388 e. The molecule has 0 radical (unpaired) electrons. The molecule has 1 heterocycles. The summed E-state index contributed by atoms with van der Waals surface area (Å²) in [6.07, 6.45) is 1.71. The van der Waals surface area contributed by atoms with Gasteiger partial charge in [-0.05, 0) is 18.6 Å². The Kier molecular flexibility index (Phi) is 3.43. The molecule has 0 saturated carbocycles. The van der Waals surface area contributed by atoms with Gasteiger partial charge in [0.1, 0.15) is 5.69 Å². The van der Waals surface area contributed by atoms with Crippen molar-refractivity contribution in [1.82, 2.24) is 9.78 Å². The topological polar surface area (TPSA) is 81.1 Å². The third-order valence-electron chi connectivity index (χ3n) is 2.77. The van der Waals surface area contributed by atoms with Crippen molar-refractivity contribution in [3.63, 3.8) is 0 Å². The highest BCUT2D eigenvalue weighted by atomic mass is 16.3. The van der Waals surface area contributed by atoms with Crippen LogP contribution >= 0.6 is 0 Å². The van der Waals surface area contributed by atoms with Gasteiger partial charge in [-0.2, -0.15) is 5.10 Å². The van der Waals surface area contributed by atoms with E-state index in [1.807, 2.05) is 31.2 Å². The number of rotatable bonds is 4. The van der Waals surface area contributed by atoms with E-state index in [-0.39, 0.29) is 5.69 Å². The van der Waals surface area contributed by atoms with Crippen LogP contribution in [0.4, 0.5) is 0 Å². The Morgan fingerprint density at radius 2 is 2.17 bits per heavy atom. The molecule has 3 N–H and O–H groups in total. The van der Waals surface area contributed by atoms with E-state index in [2.05, 4.69) is 5.10 Å². The lowest BCUT2D eigenvalue weighted by atomic mass is 10.1. The first-order valence-electron chi connectivity index (χ1n) is 5.76. The van der Waals surface area contributed by atoms with Crippen LogP contribution in [0.3, 0.4) is 0 Å². The SMILES string of the molecule is CC[C@H](O)c1ccccc1-n1ccc(C(N)=O)n1. The first-order chi connectivity index (χ1) is 8.63. The molecule has 0 unspecified atom stereocenters. The summed E-state index contributed by atoms with van der Waals surface area (Å²) in [7, 11) is 0. The van der Waals surface area contributed by atoms with Crippen molar-refractivity contribution in [3.8, 4) is 5.69 Å². The Morgan fingerprint density at radius 3 is 2.78 bits per heavy atom. The summed E-state index contributed by atoms with van der Waals surface area (Å²) in [4.78, 5) is 11.0. The van der Waals surface area contributed by atoms with Gasteiger partial charge in [0.15, 0.2) is 0 Å². The number of hydrogen-bond donors (Lipinski definition) is 2. The molecule has 18 heavy (non-hydrogen) atoms. The number of aliphatic hydroxyl groups excluding tert-OH is 1. The molecule has 0 aliphatic rings. The number of para-hydroxylation sites is 1. The van der Waals surface area contributed by atoms with E-state index in [1.54, 1.807) is 16.9 Å². The molecule has 1 aromatic carbocycles. The van der Waals surface area contributed by atoms with Crippen LogP contribution in [0.5, 0.6) is 0 Å². The number of hydrogen-bond acceptors (Lipinski definition) is 3. The summed E-state index contributed by atoms with van der Waals surface area (Å²) in [5.74, 6) is -0.567. The van der Waals surface area contributed by atoms with E-state index in [4.69, 9.17) is 5.73 Å². The number of nitrogens with zero attached hydrogens (tertiary/aromatic N) is 2. The number of aromatic nitrogens is 2. The number of carbonyl (C=O) groups is 1. The van der Waals surface area contributed by atoms with Crippen molar-refractivity contribution in [2.24, 2.45) is 5.73 Å². The van der Waals surface area contributed by atoms with Gasteiger partial charge in [0, 0.05) is 11.8 Å². The number of aliphatic hydroxyl groups is 1. The Balaban J connectivity index is 2.46. The first-order valence-corrected chi connectivity index (χ1v) is 5.76. The van der Waals surface area contributed by atoms with Crippen LogP contribution in [-0.2, 0) is 0 Å². The molecular formula is C13H15N3O2. The molecular weight excluding hydrogens is 230 g/mol. The Bertz CT molecular complexity index is 563. The molecule has 0 aliphatic heterocycles. The van der Waals surface area contributed by atoms with Gasteiger partial charge >= 0.3 is 0 Å². The van der Waals surface area contributed by atoms with Crippen molar-refractivity contribution in [1.29, 1.82) is 0 Å². The summed E-state index contributed by atoms with van der Waals surface area (Å²) < 4.78 is 1.55. The van der Waals surface area contributed by atoms with Crippen LogP contribution in [0.15, 0.2) is 36.5 Å². The van der Waals surface area contributed by atoms with E-state index in [9.17, 15) is 9.90 Å². The minimum absolute atomic E-state index is 0.204. The third-order valence-corrected chi connectivity index (χ3v) is 2.77. The third kappa shape index (κ3) is 2.26. The highest BCUT2D eigenvalue weighted by Gasteiger charge is 2.13. The summed E-state index contributed by atoms with van der Waals surface area (Å²) in [5.41, 5.74) is 6.90. The van der Waals surface area contributed by atoms with Crippen molar-refractivity contribution in [2.75, 3.05) is 0 Å². The smallest absolute Gasteiger partial charge is 0.269 e. The number of nitrogens with two attached hydrogens (primary N) is 1. The fourth-order valence-electron chi connectivity index (χ4n) is 1.79. The van der Waals surface area contributed by atoms with Crippen LogP contribution in [0.25, 0.3) is 5.69 Å². The van der Waals surface area contributed by atoms with E-state index < -0.39 is 12.0 Å². The summed E-state index contributed by atoms with van der Waals surface area (Å²) >= 11 is 0. The molecule has 0 bridgehead atoms. The van der Waals surface area contributed by atoms with Crippen molar-refractivity contribution < 1.29 is 9.90 Å². The monoisotopic (exact) mass is 245 g/mol. The molecule has 0 aliphatic carbocycles. The van der Waals surface area contributed by atoms with Gasteiger partial charge in [-0.3, -0.25) is 4.79 Å². The fraction of sp³-hybridized carbons (Fsp3) is 0.231. The zero-order valence-electron chi connectivity index (χ0n) is 10.1. The normalized spacial score (nSPS) is 12.3. The zero-order valence-corrected chi connectivity index (χ0v) is 10.1. The number of amides is 1. The summed E-state index contributed by atoms with van der Waals surface area (Å²) in [6, 6.07) is 8.95. The molecule has 5 heteroatoms. The van der Waals surface area contributed by atoms with Gasteiger partial charge in [0.2, 0.25) is 0 Å². The molecule has 1 amide bonds. The summed E-state index contributed by atoms with van der Waals surface area (Å²) in [5, 5.41) is 14.0. The standard InChI is InChI=1S/C13H15N3O2/c1-2-12(17)9-5-3-4-6-11(9)16-8-7-10(15-16)13(14)18/h3-8,12,17H,2H2,1H3,(H2,14,18)/t12-/m0/s1. The van der Waals surface area contributed by atoms with Crippen LogP contribution in [-0.4, -0.2) is 20.8 Å². The van der Waals surface area contributed by atoms with Crippen LogP contribution in [0, 0.1) is 0 Å². The second-order valence-corrected chi connectivity index (χ2v) is 3.99. The Labute approximate surface area is 105 Å². The van der Waals surface area contributed by atoms with Gasteiger partial charge in [-0.25, -0.2) is 4.68 Å². The van der Waals surface area contributed by atoms with E-state index in [0.717, 1.165) is 11.3 Å². The molecule has 0 spiro atoms. The van der Waals surface area contributed by atoms with Crippen LogP contribution in [0.2, 0.25) is 0 Å². The zero-order chi connectivity index (χ0) is 13.1. The van der Waals surface area contributed by atoms with Crippen molar-refractivity contribution in [2.45, 2.75) is 19.4 Å². The highest BCUT2D eigenvalue weighted by Crippen LogP contribution is 2.23. The van der Waals surface area contributed by atoms with Crippen molar-refractivity contribution in [3.05, 3.63) is 47.8 Å². The second kappa shape index (κ2) is 5.01. The second-order valence-electron chi connectivity index (χ2n) is 3.99. The largest absolute Gasteiger partial charge is 0.388 e. The molecule has 5 nitrogen and oxygen atoms in total. The van der Waals surface area contributed by atoms with Gasteiger partial charge in [-0.15, -0.1) is 0 Å². The van der Waals surface area contributed by atoms with Gasteiger partial charge < -0.3 is 10.8 Å². The van der Waals surface area contributed by atoms with Gasteiger partial charge in [-0.1, -0.05) is 25.1 Å². The number of benzene rings is 1. The molecule has 94 valence electrons. The Hall–Kier alpha value is -2.14. The average molecular weight is 245 g/mol. The minimum atomic E-state index is -0.567. The van der Waals surface area contributed by atoms with Gasteiger partial charge in [0.05, 0.1) is 11.8 Å². The maximum absolute atomic E-state index is 11.0. The molecule has 1 atom stereocenters. The quantitative estimate of drug-likeness (QED) is 0.854. The molecule has 2 rings (SSSR count). The Morgan fingerprint density at radius 1 is 1.44 bits per heavy atom. The predicted octanol–water partition coefficient (Wildman–Crippen LogP) is 1.41. The maximum atomic E-state index is 11.0. The number of primary amides is 1. The first kappa shape index (κ1) is 12.3. The molecule has 0 fully saturated rings.